The van der Waals surface area contributed by atoms with Gasteiger partial charge in [-0.3, -0.25) is 0 Å². The number of hydrogen-bond donors (Lipinski definition) is 1. The Morgan fingerprint density at radius 2 is 2.00 bits per heavy atom. The van der Waals surface area contributed by atoms with E-state index >= 15 is 0 Å². The Kier molecular flexibility index (Phi) is 2.80. The Balaban J connectivity index is 2.65. The highest BCUT2D eigenvalue weighted by atomic mass is 35.5. The van der Waals surface area contributed by atoms with Crippen molar-refractivity contribution in [3.05, 3.63) is 40.9 Å². The third-order valence-corrected chi connectivity index (χ3v) is 2.70. The van der Waals surface area contributed by atoms with Crippen LogP contribution in [0, 0.1) is 0 Å². The first-order valence-corrected chi connectivity index (χ1v) is 5.05. The average molecular weight is 222 g/mol. The van der Waals surface area contributed by atoms with Crippen LogP contribution in [0.2, 0.25) is 5.02 Å². The minimum absolute atomic E-state index is 0.585. The van der Waals surface area contributed by atoms with E-state index in [-0.39, 0.29) is 0 Å². The summed E-state index contributed by atoms with van der Waals surface area (Å²) in [6.07, 6.45) is 0. The van der Waals surface area contributed by atoms with E-state index in [9.17, 15) is 0 Å². The van der Waals surface area contributed by atoms with E-state index in [2.05, 4.69) is 0 Å². The highest BCUT2D eigenvalue weighted by Gasteiger charge is 2.03. The molecule has 0 fully saturated rings. The van der Waals surface area contributed by atoms with Gasteiger partial charge < -0.3 is 10.5 Å². The number of fused-ring (bicyclic) bond motifs is 1. The Morgan fingerprint density at radius 1 is 1.20 bits per heavy atom. The summed E-state index contributed by atoms with van der Waals surface area (Å²) in [6, 6.07) is 9.62. The van der Waals surface area contributed by atoms with Crippen molar-refractivity contribution in [2.24, 2.45) is 0 Å². The summed E-state index contributed by atoms with van der Waals surface area (Å²) in [5.41, 5.74) is 7.73. The Labute approximate surface area is 93.6 Å². The van der Waals surface area contributed by atoms with Gasteiger partial charge in [0.05, 0.1) is 6.61 Å². The van der Waals surface area contributed by atoms with Crippen LogP contribution in [0.3, 0.4) is 0 Å². The number of nitrogen functional groups attached to an aromatic ring is 1. The van der Waals surface area contributed by atoms with E-state index in [0.717, 1.165) is 27.0 Å². The molecule has 0 aliphatic rings. The van der Waals surface area contributed by atoms with Crippen molar-refractivity contribution in [1.82, 2.24) is 0 Å². The Morgan fingerprint density at radius 3 is 2.73 bits per heavy atom. The monoisotopic (exact) mass is 221 g/mol. The predicted molar refractivity (Wildman–Crippen MR) is 64.1 cm³/mol. The van der Waals surface area contributed by atoms with Crippen LogP contribution in [0.25, 0.3) is 10.8 Å². The van der Waals surface area contributed by atoms with Crippen molar-refractivity contribution >= 4 is 28.1 Å². The molecular weight excluding hydrogens is 210 g/mol. The number of ether oxygens (including phenoxy) is 1. The number of benzene rings is 2. The molecule has 0 bridgehead atoms. The molecule has 0 aliphatic heterocycles. The van der Waals surface area contributed by atoms with Gasteiger partial charge in [-0.25, -0.2) is 0 Å². The van der Waals surface area contributed by atoms with Gasteiger partial charge in [-0.1, -0.05) is 23.7 Å². The minimum Gasteiger partial charge on any atom is -0.398 e. The fraction of sp³-hybridized carbons (Fsp3) is 0.167. The maximum absolute atomic E-state index is 6.07. The topological polar surface area (TPSA) is 35.2 Å². The van der Waals surface area contributed by atoms with Crippen LogP contribution in [0.4, 0.5) is 5.69 Å². The molecule has 0 amide bonds. The quantitative estimate of drug-likeness (QED) is 0.791. The first-order valence-electron chi connectivity index (χ1n) is 4.68. The van der Waals surface area contributed by atoms with E-state index in [1.54, 1.807) is 7.11 Å². The SMILES string of the molecule is COCc1ccc2c(Cl)ccc(N)c2c1. The summed E-state index contributed by atoms with van der Waals surface area (Å²) in [4.78, 5) is 0. The maximum atomic E-state index is 6.07. The van der Waals surface area contributed by atoms with Gasteiger partial charge in [0.15, 0.2) is 0 Å². The molecule has 0 heterocycles. The third-order valence-electron chi connectivity index (χ3n) is 2.37. The highest BCUT2D eigenvalue weighted by molar-refractivity contribution is 6.36. The normalized spacial score (nSPS) is 10.8. The van der Waals surface area contributed by atoms with Crippen molar-refractivity contribution in [2.45, 2.75) is 6.61 Å². The van der Waals surface area contributed by atoms with Crippen molar-refractivity contribution in [1.29, 1.82) is 0 Å². The molecule has 2 aromatic rings. The van der Waals surface area contributed by atoms with Crippen LogP contribution in [0.15, 0.2) is 30.3 Å². The summed E-state index contributed by atoms with van der Waals surface area (Å²) in [7, 11) is 1.67. The Hall–Kier alpha value is -1.25. The lowest BCUT2D eigenvalue weighted by atomic mass is 10.1. The second kappa shape index (κ2) is 4.09. The molecule has 2 aromatic carbocycles. The molecule has 0 aromatic heterocycles. The summed E-state index contributed by atoms with van der Waals surface area (Å²) in [5, 5.41) is 2.69. The van der Waals surface area contributed by atoms with Crippen LogP contribution < -0.4 is 5.73 Å². The fourth-order valence-electron chi connectivity index (χ4n) is 1.64. The zero-order valence-corrected chi connectivity index (χ0v) is 9.21. The number of hydrogen-bond acceptors (Lipinski definition) is 2. The zero-order valence-electron chi connectivity index (χ0n) is 8.46. The van der Waals surface area contributed by atoms with Gasteiger partial charge >= 0.3 is 0 Å². The van der Waals surface area contributed by atoms with E-state index in [0.29, 0.717) is 6.61 Å². The second-order valence-electron chi connectivity index (χ2n) is 3.45. The average Bonchev–Trinajstić information content (AvgIpc) is 2.24. The predicted octanol–water partition coefficient (Wildman–Crippen LogP) is 3.22. The molecule has 2 N–H and O–H groups in total. The molecule has 0 saturated carbocycles. The van der Waals surface area contributed by atoms with Crippen molar-refractivity contribution in [3.8, 4) is 0 Å². The molecule has 2 rings (SSSR count). The molecule has 0 radical (unpaired) electrons. The summed E-state index contributed by atoms with van der Waals surface area (Å²) in [6.45, 7) is 0.585. The molecule has 0 atom stereocenters. The second-order valence-corrected chi connectivity index (χ2v) is 3.86. The lowest BCUT2D eigenvalue weighted by molar-refractivity contribution is 0.185. The van der Waals surface area contributed by atoms with E-state index in [4.69, 9.17) is 22.1 Å². The Bertz CT molecular complexity index is 496. The summed E-state index contributed by atoms with van der Waals surface area (Å²) in [5.74, 6) is 0. The third kappa shape index (κ3) is 1.91. The van der Waals surface area contributed by atoms with E-state index < -0.39 is 0 Å². The van der Waals surface area contributed by atoms with Crippen LogP contribution in [0.5, 0.6) is 0 Å². The molecule has 78 valence electrons. The lowest BCUT2D eigenvalue weighted by Crippen LogP contribution is -1.91. The summed E-state index contributed by atoms with van der Waals surface area (Å²) < 4.78 is 5.07. The molecule has 15 heavy (non-hydrogen) atoms. The number of halogens is 1. The van der Waals surface area contributed by atoms with Gasteiger partial charge in [-0.2, -0.15) is 0 Å². The molecule has 0 spiro atoms. The standard InChI is InChI=1S/C12H12ClNO/c1-15-7-8-2-3-9-10(6-8)12(14)5-4-11(9)13/h2-6H,7,14H2,1H3. The first kappa shape index (κ1) is 10.3. The summed E-state index contributed by atoms with van der Waals surface area (Å²) >= 11 is 6.07. The van der Waals surface area contributed by atoms with Gasteiger partial charge in [0, 0.05) is 28.6 Å². The maximum Gasteiger partial charge on any atom is 0.0713 e. The molecule has 0 aliphatic carbocycles. The largest absolute Gasteiger partial charge is 0.398 e. The number of methoxy groups -OCH3 is 1. The van der Waals surface area contributed by atoms with Crippen LogP contribution in [0.1, 0.15) is 5.56 Å². The van der Waals surface area contributed by atoms with E-state index in [1.165, 1.54) is 0 Å². The van der Waals surface area contributed by atoms with Gasteiger partial charge in [-0.05, 0) is 23.8 Å². The van der Waals surface area contributed by atoms with Crippen LogP contribution >= 0.6 is 11.6 Å². The molecule has 0 unspecified atom stereocenters. The number of rotatable bonds is 2. The number of anilines is 1. The lowest BCUT2D eigenvalue weighted by Gasteiger charge is -2.06. The molecular formula is C12H12ClNO. The highest BCUT2D eigenvalue weighted by Crippen LogP contribution is 2.29. The van der Waals surface area contributed by atoms with Crippen molar-refractivity contribution in [3.63, 3.8) is 0 Å². The van der Waals surface area contributed by atoms with Crippen molar-refractivity contribution < 1.29 is 4.74 Å². The van der Waals surface area contributed by atoms with Gasteiger partial charge in [0.2, 0.25) is 0 Å². The smallest absolute Gasteiger partial charge is 0.0713 e. The zero-order chi connectivity index (χ0) is 10.8. The van der Waals surface area contributed by atoms with Crippen LogP contribution in [-0.2, 0) is 11.3 Å². The fourth-order valence-corrected chi connectivity index (χ4v) is 1.87. The van der Waals surface area contributed by atoms with Gasteiger partial charge in [0.25, 0.3) is 0 Å². The van der Waals surface area contributed by atoms with Gasteiger partial charge in [0.1, 0.15) is 0 Å². The van der Waals surface area contributed by atoms with Crippen LogP contribution in [-0.4, -0.2) is 7.11 Å². The molecule has 2 nitrogen and oxygen atoms in total. The first-order chi connectivity index (χ1) is 7.22. The van der Waals surface area contributed by atoms with E-state index in [1.807, 2.05) is 30.3 Å². The molecule has 0 saturated heterocycles. The minimum atomic E-state index is 0.585. The van der Waals surface area contributed by atoms with Crippen molar-refractivity contribution in [2.75, 3.05) is 12.8 Å². The van der Waals surface area contributed by atoms with Gasteiger partial charge in [-0.15, -0.1) is 0 Å². The number of nitrogens with two attached hydrogens (primary N) is 1. The molecule has 3 heteroatoms.